The van der Waals surface area contributed by atoms with Crippen LogP contribution < -0.4 is 4.90 Å². The van der Waals surface area contributed by atoms with Crippen LogP contribution in [0.25, 0.3) is 0 Å². The maximum Gasteiger partial charge on any atom is 0.289 e. The van der Waals surface area contributed by atoms with Crippen molar-refractivity contribution in [3.63, 3.8) is 0 Å². The van der Waals surface area contributed by atoms with E-state index in [9.17, 15) is 18.5 Å². The maximum atomic E-state index is 12.9. The Morgan fingerprint density at radius 2 is 1.84 bits per heavy atom. The molecule has 0 spiro atoms. The molecule has 1 aromatic heterocycles. The van der Waals surface area contributed by atoms with E-state index in [1.54, 1.807) is 6.20 Å². The lowest BCUT2D eigenvalue weighted by molar-refractivity contribution is -0.387. The molecule has 0 amide bonds. The van der Waals surface area contributed by atoms with Gasteiger partial charge in [0.25, 0.3) is 5.69 Å². The van der Waals surface area contributed by atoms with Gasteiger partial charge in [0.15, 0.2) is 4.90 Å². The number of halogens is 1. The highest BCUT2D eigenvalue weighted by atomic mass is 79.9. The zero-order valence-corrected chi connectivity index (χ0v) is 15.5. The van der Waals surface area contributed by atoms with E-state index in [4.69, 9.17) is 0 Å². The lowest BCUT2D eigenvalue weighted by Gasteiger charge is -2.34. The molecule has 1 aliphatic heterocycles. The first-order valence-corrected chi connectivity index (χ1v) is 9.73. The lowest BCUT2D eigenvalue weighted by atomic mass is 10.3. The van der Waals surface area contributed by atoms with Crippen molar-refractivity contribution in [2.75, 3.05) is 31.1 Å². The lowest BCUT2D eigenvalue weighted by Crippen LogP contribution is -2.49. The highest BCUT2D eigenvalue weighted by Crippen LogP contribution is 2.30. The van der Waals surface area contributed by atoms with Gasteiger partial charge in [-0.2, -0.15) is 4.31 Å². The number of hydrogen-bond acceptors (Lipinski definition) is 6. The van der Waals surface area contributed by atoms with Crippen molar-refractivity contribution in [2.24, 2.45) is 0 Å². The predicted octanol–water partition coefficient (Wildman–Crippen LogP) is 2.26. The summed E-state index contributed by atoms with van der Waals surface area (Å²) in [4.78, 5) is 16.5. The number of piperazine rings is 1. The topological polar surface area (TPSA) is 96.6 Å². The number of nitrogens with zero attached hydrogens (tertiary/aromatic N) is 4. The van der Waals surface area contributed by atoms with E-state index >= 15 is 0 Å². The highest BCUT2D eigenvalue weighted by Gasteiger charge is 2.34. The van der Waals surface area contributed by atoms with Crippen LogP contribution in [0.15, 0.2) is 52.0 Å². The normalized spacial score (nSPS) is 16.0. The van der Waals surface area contributed by atoms with Crippen LogP contribution in [0.2, 0.25) is 0 Å². The van der Waals surface area contributed by atoms with Crippen LogP contribution in [0, 0.1) is 10.1 Å². The summed E-state index contributed by atoms with van der Waals surface area (Å²) in [5.41, 5.74) is -0.421. The average molecular weight is 427 g/mol. The summed E-state index contributed by atoms with van der Waals surface area (Å²) in [5.74, 6) is 0.785. The quantitative estimate of drug-likeness (QED) is 0.549. The molecule has 1 aromatic carbocycles. The van der Waals surface area contributed by atoms with Crippen LogP contribution >= 0.6 is 15.9 Å². The number of nitro benzene ring substituents is 1. The Morgan fingerprint density at radius 3 is 2.44 bits per heavy atom. The fourth-order valence-electron chi connectivity index (χ4n) is 2.68. The third-order valence-corrected chi connectivity index (χ3v) is 6.37. The van der Waals surface area contributed by atoms with Crippen molar-refractivity contribution < 1.29 is 13.3 Å². The summed E-state index contributed by atoms with van der Waals surface area (Å²) < 4.78 is 27.5. The van der Waals surface area contributed by atoms with E-state index in [0.717, 1.165) is 5.82 Å². The summed E-state index contributed by atoms with van der Waals surface area (Å²) in [6, 6.07) is 9.48. The van der Waals surface area contributed by atoms with Crippen LogP contribution in [-0.4, -0.2) is 48.8 Å². The van der Waals surface area contributed by atoms with Gasteiger partial charge in [-0.3, -0.25) is 10.1 Å². The number of anilines is 1. The van der Waals surface area contributed by atoms with Gasteiger partial charge in [0, 0.05) is 42.9 Å². The molecule has 25 heavy (non-hydrogen) atoms. The second-order valence-electron chi connectivity index (χ2n) is 5.45. The first-order valence-electron chi connectivity index (χ1n) is 7.49. The van der Waals surface area contributed by atoms with Crippen molar-refractivity contribution in [3.05, 3.63) is 57.2 Å². The third-order valence-electron chi connectivity index (χ3n) is 3.95. The first-order chi connectivity index (χ1) is 11.9. The van der Waals surface area contributed by atoms with Crippen LogP contribution in [0.1, 0.15) is 0 Å². The SMILES string of the molecule is O=[N+]([O-])c1ccc(Br)cc1S(=O)(=O)N1CCN(c2ccccn2)CC1. The van der Waals surface area contributed by atoms with Gasteiger partial charge in [-0.15, -0.1) is 0 Å². The Hall–Kier alpha value is -2.04. The second kappa shape index (κ2) is 7.06. The van der Waals surface area contributed by atoms with Crippen molar-refractivity contribution >= 4 is 37.5 Å². The number of pyridine rings is 1. The first kappa shape index (κ1) is 17.8. The van der Waals surface area contributed by atoms with E-state index in [-0.39, 0.29) is 18.0 Å². The predicted molar refractivity (Wildman–Crippen MR) is 96.0 cm³/mol. The van der Waals surface area contributed by atoms with Crippen LogP contribution in [-0.2, 0) is 10.0 Å². The fourth-order valence-corrected chi connectivity index (χ4v) is 4.80. The number of aromatic nitrogens is 1. The molecule has 0 N–H and O–H groups in total. The Morgan fingerprint density at radius 1 is 1.12 bits per heavy atom. The van der Waals surface area contributed by atoms with Crippen LogP contribution in [0.3, 0.4) is 0 Å². The fraction of sp³-hybridized carbons (Fsp3) is 0.267. The Kier molecular flexibility index (Phi) is 5.02. The summed E-state index contributed by atoms with van der Waals surface area (Å²) in [6.07, 6.45) is 1.68. The summed E-state index contributed by atoms with van der Waals surface area (Å²) in [7, 11) is -3.95. The minimum atomic E-state index is -3.95. The van der Waals surface area contributed by atoms with Crippen molar-refractivity contribution in [1.29, 1.82) is 0 Å². The van der Waals surface area contributed by atoms with Gasteiger partial charge in [-0.1, -0.05) is 22.0 Å². The molecule has 0 aliphatic carbocycles. The monoisotopic (exact) mass is 426 g/mol. The van der Waals surface area contributed by atoms with E-state index in [1.807, 2.05) is 23.1 Å². The molecule has 8 nitrogen and oxygen atoms in total. The molecular weight excluding hydrogens is 412 g/mol. The van der Waals surface area contributed by atoms with E-state index in [1.165, 1.54) is 22.5 Å². The molecule has 2 heterocycles. The number of sulfonamides is 1. The Balaban J connectivity index is 1.83. The molecule has 0 unspecified atom stereocenters. The number of rotatable bonds is 4. The van der Waals surface area contributed by atoms with Crippen molar-refractivity contribution in [2.45, 2.75) is 4.90 Å². The largest absolute Gasteiger partial charge is 0.354 e. The van der Waals surface area contributed by atoms with Gasteiger partial charge in [0.05, 0.1) is 4.92 Å². The van der Waals surface area contributed by atoms with Gasteiger partial charge in [0.2, 0.25) is 10.0 Å². The van der Waals surface area contributed by atoms with Gasteiger partial charge in [-0.05, 0) is 24.3 Å². The molecule has 132 valence electrons. The minimum absolute atomic E-state index is 0.239. The number of hydrogen-bond donors (Lipinski definition) is 0. The Labute approximate surface area is 153 Å². The van der Waals surface area contributed by atoms with Crippen LogP contribution in [0.4, 0.5) is 11.5 Å². The van der Waals surface area contributed by atoms with Gasteiger partial charge < -0.3 is 4.90 Å². The second-order valence-corrected chi connectivity index (χ2v) is 8.27. The Bertz CT molecular complexity index is 884. The van der Waals surface area contributed by atoms with Gasteiger partial charge >= 0.3 is 0 Å². The van der Waals surface area contributed by atoms with Gasteiger partial charge in [0.1, 0.15) is 5.82 Å². The molecule has 0 radical (unpaired) electrons. The molecule has 0 atom stereocenters. The summed E-state index contributed by atoms with van der Waals surface area (Å²) in [6.45, 7) is 1.42. The number of benzene rings is 1. The van der Waals surface area contributed by atoms with Crippen molar-refractivity contribution in [1.82, 2.24) is 9.29 Å². The zero-order chi connectivity index (χ0) is 18.0. The molecule has 0 saturated carbocycles. The highest BCUT2D eigenvalue weighted by molar-refractivity contribution is 9.10. The average Bonchev–Trinajstić information content (AvgIpc) is 2.62. The standard InChI is InChI=1S/C15H15BrN4O4S/c16-12-4-5-13(20(21)22)14(11-12)25(23,24)19-9-7-18(8-10-19)15-3-1-2-6-17-15/h1-6,11H,7-10H2. The van der Waals surface area contributed by atoms with Gasteiger partial charge in [-0.25, -0.2) is 13.4 Å². The maximum absolute atomic E-state index is 12.9. The van der Waals surface area contributed by atoms with Crippen LogP contribution in [0.5, 0.6) is 0 Å². The number of nitro groups is 1. The zero-order valence-electron chi connectivity index (χ0n) is 13.1. The molecule has 3 rings (SSSR count). The minimum Gasteiger partial charge on any atom is -0.354 e. The molecule has 0 bridgehead atoms. The molecular formula is C15H15BrN4O4S. The molecule has 1 saturated heterocycles. The van der Waals surface area contributed by atoms with Crippen molar-refractivity contribution in [3.8, 4) is 0 Å². The molecule has 2 aromatic rings. The van der Waals surface area contributed by atoms with E-state index in [2.05, 4.69) is 20.9 Å². The van der Waals surface area contributed by atoms with E-state index in [0.29, 0.717) is 17.6 Å². The van der Waals surface area contributed by atoms with E-state index < -0.39 is 20.6 Å². The molecule has 10 heteroatoms. The molecule has 1 fully saturated rings. The molecule has 1 aliphatic rings. The summed E-state index contributed by atoms with van der Waals surface area (Å²) in [5, 5.41) is 11.2. The summed E-state index contributed by atoms with van der Waals surface area (Å²) >= 11 is 3.18. The third kappa shape index (κ3) is 3.65. The smallest absolute Gasteiger partial charge is 0.289 e.